The van der Waals surface area contributed by atoms with Crippen molar-refractivity contribution in [1.29, 1.82) is 0 Å². The van der Waals surface area contributed by atoms with Gasteiger partial charge >= 0.3 is 0 Å². The fourth-order valence-corrected chi connectivity index (χ4v) is 3.36. The first-order valence-electron chi connectivity index (χ1n) is 6.16. The number of hydrogen-bond donors (Lipinski definition) is 2. The van der Waals surface area contributed by atoms with Crippen molar-refractivity contribution in [2.45, 2.75) is 45.7 Å². The zero-order valence-corrected chi connectivity index (χ0v) is 11.5. The van der Waals surface area contributed by atoms with Crippen LogP contribution in [0.2, 0.25) is 0 Å². The van der Waals surface area contributed by atoms with Gasteiger partial charge in [0.05, 0.1) is 0 Å². The minimum absolute atomic E-state index is 0.187. The number of carbonyl (C=O) groups excluding carboxylic acids is 1. The van der Waals surface area contributed by atoms with Gasteiger partial charge in [0.2, 0.25) is 5.91 Å². The van der Waals surface area contributed by atoms with E-state index in [0.29, 0.717) is 18.5 Å². The van der Waals surface area contributed by atoms with Crippen LogP contribution in [-0.4, -0.2) is 18.5 Å². The highest BCUT2D eigenvalue weighted by atomic mass is 32.1. The molecule has 2 unspecified atom stereocenters. The molecule has 0 bridgehead atoms. The second-order valence-electron chi connectivity index (χ2n) is 4.80. The topological polar surface area (TPSA) is 41.1 Å². The van der Waals surface area contributed by atoms with Gasteiger partial charge in [-0.25, -0.2) is 0 Å². The molecule has 0 radical (unpaired) electrons. The number of rotatable bonds is 4. The zero-order chi connectivity index (χ0) is 12.4. The van der Waals surface area contributed by atoms with Gasteiger partial charge < -0.3 is 10.6 Å². The molecule has 1 aliphatic heterocycles. The molecule has 2 atom stereocenters. The first kappa shape index (κ1) is 12.6. The molecule has 0 spiro atoms. The highest BCUT2D eigenvalue weighted by Gasteiger charge is 2.21. The zero-order valence-electron chi connectivity index (χ0n) is 10.7. The number of thiophene rings is 1. The van der Waals surface area contributed by atoms with Crippen molar-refractivity contribution in [1.82, 2.24) is 10.6 Å². The van der Waals surface area contributed by atoms with Crippen molar-refractivity contribution in [3.63, 3.8) is 0 Å². The first-order valence-corrected chi connectivity index (χ1v) is 6.97. The lowest BCUT2D eigenvalue weighted by Crippen LogP contribution is -2.36. The van der Waals surface area contributed by atoms with Gasteiger partial charge in [-0.05, 0) is 38.8 Å². The van der Waals surface area contributed by atoms with E-state index in [1.807, 2.05) is 11.3 Å². The lowest BCUT2D eigenvalue weighted by molar-refractivity contribution is -0.119. The Morgan fingerprint density at radius 1 is 1.59 bits per heavy atom. The van der Waals surface area contributed by atoms with Crippen molar-refractivity contribution in [3.8, 4) is 0 Å². The minimum Gasteiger partial charge on any atom is -0.352 e. The maximum atomic E-state index is 11.1. The van der Waals surface area contributed by atoms with Gasteiger partial charge in [0.25, 0.3) is 0 Å². The van der Waals surface area contributed by atoms with Crippen molar-refractivity contribution < 1.29 is 4.79 Å². The Kier molecular flexibility index (Phi) is 3.84. The van der Waals surface area contributed by atoms with Gasteiger partial charge in [-0.15, -0.1) is 11.3 Å². The van der Waals surface area contributed by atoms with E-state index in [4.69, 9.17) is 0 Å². The number of aryl methyl sites for hydroxylation is 2. The molecular formula is C13H20N2OS. The molecule has 4 heteroatoms. The molecule has 1 aromatic heterocycles. The predicted octanol–water partition coefficient (Wildman–Crippen LogP) is 2.29. The quantitative estimate of drug-likeness (QED) is 0.863. The molecule has 0 aromatic carbocycles. The third-order valence-corrected chi connectivity index (χ3v) is 4.28. The van der Waals surface area contributed by atoms with Crippen molar-refractivity contribution in [2.24, 2.45) is 0 Å². The van der Waals surface area contributed by atoms with E-state index in [0.717, 1.165) is 13.0 Å². The Morgan fingerprint density at radius 3 is 2.88 bits per heavy atom. The van der Waals surface area contributed by atoms with E-state index in [1.165, 1.54) is 15.3 Å². The van der Waals surface area contributed by atoms with Gasteiger partial charge in [0, 0.05) is 34.8 Å². The summed E-state index contributed by atoms with van der Waals surface area (Å²) in [5, 5.41) is 6.49. The van der Waals surface area contributed by atoms with Crippen molar-refractivity contribution in [3.05, 3.63) is 21.4 Å². The molecule has 0 aliphatic carbocycles. The summed E-state index contributed by atoms with van der Waals surface area (Å²) in [7, 11) is 0. The van der Waals surface area contributed by atoms with Crippen molar-refractivity contribution in [2.75, 3.05) is 6.54 Å². The van der Waals surface area contributed by atoms with Crippen LogP contribution in [0.3, 0.4) is 0 Å². The standard InChI is InChI=1S/C13H20N2OS/c1-8-6-12(10(3)17-8)9(2)14-7-11-4-5-13(16)15-11/h6,9,11,14H,4-5,7H2,1-3H3,(H,15,16). The number of hydrogen-bond acceptors (Lipinski definition) is 3. The summed E-state index contributed by atoms with van der Waals surface area (Å²) in [5.41, 5.74) is 1.39. The number of carbonyl (C=O) groups is 1. The summed E-state index contributed by atoms with van der Waals surface area (Å²) < 4.78 is 0. The normalized spacial score (nSPS) is 21.6. The van der Waals surface area contributed by atoms with Crippen LogP contribution in [0.5, 0.6) is 0 Å². The van der Waals surface area contributed by atoms with Gasteiger partial charge in [-0.2, -0.15) is 0 Å². The summed E-state index contributed by atoms with van der Waals surface area (Å²) in [6, 6.07) is 2.92. The average molecular weight is 252 g/mol. The molecular weight excluding hydrogens is 232 g/mol. The lowest BCUT2D eigenvalue weighted by atomic mass is 10.1. The molecule has 1 saturated heterocycles. The largest absolute Gasteiger partial charge is 0.352 e. The Balaban J connectivity index is 1.87. The van der Waals surface area contributed by atoms with Crippen LogP contribution in [0.4, 0.5) is 0 Å². The maximum Gasteiger partial charge on any atom is 0.220 e. The summed E-state index contributed by atoms with van der Waals surface area (Å²) in [5.74, 6) is 0.187. The molecule has 1 aliphatic rings. The van der Waals surface area contributed by atoms with Crippen LogP contribution in [-0.2, 0) is 4.79 Å². The second kappa shape index (κ2) is 5.19. The molecule has 1 amide bonds. The van der Waals surface area contributed by atoms with Gasteiger partial charge in [-0.1, -0.05) is 0 Å². The fourth-order valence-electron chi connectivity index (χ4n) is 2.34. The van der Waals surface area contributed by atoms with E-state index in [-0.39, 0.29) is 5.91 Å². The maximum absolute atomic E-state index is 11.1. The van der Waals surface area contributed by atoms with E-state index < -0.39 is 0 Å². The monoisotopic (exact) mass is 252 g/mol. The fraction of sp³-hybridized carbons (Fsp3) is 0.615. The third-order valence-electron chi connectivity index (χ3n) is 3.30. The Hall–Kier alpha value is -0.870. The van der Waals surface area contributed by atoms with E-state index in [9.17, 15) is 4.79 Å². The number of amides is 1. The van der Waals surface area contributed by atoms with Crippen LogP contribution in [0, 0.1) is 13.8 Å². The molecule has 0 saturated carbocycles. The average Bonchev–Trinajstić information content (AvgIpc) is 2.81. The van der Waals surface area contributed by atoms with Crippen LogP contribution in [0.1, 0.15) is 41.1 Å². The SMILES string of the molecule is Cc1cc(C(C)NCC2CCC(=O)N2)c(C)s1. The highest BCUT2D eigenvalue weighted by Crippen LogP contribution is 2.26. The predicted molar refractivity (Wildman–Crippen MR) is 71.4 cm³/mol. The summed E-state index contributed by atoms with van der Waals surface area (Å²) in [6.45, 7) is 7.36. The molecule has 17 heavy (non-hydrogen) atoms. The van der Waals surface area contributed by atoms with E-state index >= 15 is 0 Å². The summed E-state index contributed by atoms with van der Waals surface area (Å²) >= 11 is 1.85. The van der Waals surface area contributed by atoms with Gasteiger partial charge in [0.1, 0.15) is 0 Å². The molecule has 2 rings (SSSR count). The van der Waals surface area contributed by atoms with Crippen LogP contribution >= 0.6 is 11.3 Å². The molecule has 2 N–H and O–H groups in total. The molecule has 2 heterocycles. The van der Waals surface area contributed by atoms with Crippen molar-refractivity contribution >= 4 is 17.2 Å². The highest BCUT2D eigenvalue weighted by molar-refractivity contribution is 7.12. The Labute approximate surface area is 107 Å². The summed E-state index contributed by atoms with van der Waals surface area (Å²) in [4.78, 5) is 13.8. The molecule has 1 aromatic rings. The molecule has 94 valence electrons. The van der Waals surface area contributed by atoms with Gasteiger partial charge in [-0.3, -0.25) is 4.79 Å². The smallest absolute Gasteiger partial charge is 0.220 e. The third kappa shape index (κ3) is 3.07. The second-order valence-corrected chi connectivity index (χ2v) is 6.26. The first-order chi connectivity index (χ1) is 8.06. The molecule has 1 fully saturated rings. The Morgan fingerprint density at radius 2 is 2.35 bits per heavy atom. The van der Waals surface area contributed by atoms with Crippen LogP contribution < -0.4 is 10.6 Å². The molecule has 3 nitrogen and oxygen atoms in total. The minimum atomic E-state index is 0.187. The number of nitrogens with one attached hydrogen (secondary N) is 2. The van der Waals surface area contributed by atoms with Gasteiger partial charge in [0.15, 0.2) is 0 Å². The van der Waals surface area contributed by atoms with Crippen LogP contribution in [0.15, 0.2) is 6.07 Å². The summed E-state index contributed by atoms with van der Waals surface area (Å²) in [6.07, 6.45) is 1.64. The Bertz CT molecular complexity index is 414. The van der Waals surface area contributed by atoms with Crippen LogP contribution in [0.25, 0.3) is 0 Å². The van der Waals surface area contributed by atoms with E-state index in [1.54, 1.807) is 0 Å². The lowest BCUT2D eigenvalue weighted by Gasteiger charge is -2.17. The van der Waals surface area contributed by atoms with E-state index in [2.05, 4.69) is 37.5 Å².